The first-order valence-electron chi connectivity index (χ1n) is 6.44. The topological polar surface area (TPSA) is 49.4 Å². The van der Waals surface area contributed by atoms with Gasteiger partial charge in [0.1, 0.15) is 5.57 Å². The summed E-state index contributed by atoms with van der Waals surface area (Å²) in [5.41, 5.74) is 1.21. The van der Waals surface area contributed by atoms with Crippen molar-refractivity contribution in [1.29, 1.82) is 0 Å². The Morgan fingerprint density at radius 3 is 2.57 bits per heavy atom. The van der Waals surface area contributed by atoms with Gasteiger partial charge in [0, 0.05) is 4.88 Å². The fraction of sp³-hybridized carbons (Fsp3) is 0.0667. The molecule has 2 amide bonds. The Kier molecular flexibility index (Phi) is 3.69. The number of amides is 2. The quantitative estimate of drug-likeness (QED) is 0.675. The van der Waals surface area contributed by atoms with Crippen LogP contribution in [0.5, 0.6) is 0 Å². The molecule has 0 aliphatic carbocycles. The predicted molar refractivity (Wildman–Crippen MR) is 79.4 cm³/mol. The molecule has 1 aliphatic heterocycles. The largest absolute Gasteiger partial charge is 0.416 e. The van der Waals surface area contributed by atoms with Crippen LogP contribution in [-0.4, -0.2) is 11.8 Å². The first-order chi connectivity index (χ1) is 10.9. The van der Waals surface area contributed by atoms with Crippen molar-refractivity contribution >= 4 is 34.9 Å². The van der Waals surface area contributed by atoms with E-state index in [9.17, 15) is 22.8 Å². The maximum Gasteiger partial charge on any atom is 0.416 e. The number of benzene rings is 1. The van der Waals surface area contributed by atoms with Crippen LogP contribution >= 0.6 is 11.3 Å². The highest BCUT2D eigenvalue weighted by Crippen LogP contribution is 2.32. The number of carbonyl (C=O) groups is 2. The minimum atomic E-state index is -4.53. The number of nitrogens with zero attached hydrogens (tertiary/aromatic N) is 1. The Labute approximate surface area is 132 Å². The van der Waals surface area contributed by atoms with Gasteiger partial charge in [0.05, 0.1) is 11.3 Å². The highest BCUT2D eigenvalue weighted by molar-refractivity contribution is 7.10. The van der Waals surface area contributed by atoms with Crippen molar-refractivity contribution in [3.8, 4) is 0 Å². The number of nitrogens with one attached hydrogen (secondary N) is 1. The molecule has 2 heterocycles. The molecule has 0 unspecified atom stereocenters. The fourth-order valence-electron chi connectivity index (χ4n) is 2.08. The van der Waals surface area contributed by atoms with Crippen LogP contribution in [0.2, 0.25) is 0 Å². The van der Waals surface area contributed by atoms with Crippen molar-refractivity contribution in [3.05, 3.63) is 57.8 Å². The number of hydrogen-bond acceptors (Lipinski definition) is 3. The summed E-state index contributed by atoms with van der Waals surface area (Å²) < 4.78 is 38.3. The maximum absolute atomic E-state index is 12.8. The second-order valence-corrected chi connectivity index (χ2v) is 5.68. The lowest BCUT2D eigenvalue weighted by molar-refractivity contribution is -0.137. The molecule has 1 N–H and O–H groups in total. The summed E-state index contributed by atoms with van der Waals surface area (Å²) in [6.45, 7) is 0. The van der Waals surface area contributed by atoms with Crippen molar-refractivity contribution in [2.45, 2.75) is 6.18 Å². The van der Waals surface area contributed by atoms with Gasteiger partial charge in [-0.2, -0.15) is 13.2 Å². The summed E-state index contributed by atoms with van der Waals surface area (Å²) >= 11 is 1.34. The van der Waals surface area contributed by atoms with E-state index in [0.29, 0.717) is 4.88 Å². The van der Waals surface area contributed by atoms with Crippen LogP contribution < -0.4 is 10.4 Å². The Morgan fingerprint density at radius 2 is 1.91 bits per heavy atom. The normalized spacial score (nSPS) is 17.0. The van der Waals surface area contributed by atoms with E-state index in [4.69, 9.17) is 0 Å². The first kappa shape index (κ1) is 15.3. The van der Waals surface area contributed by atoms with Gasteiger partial charge in [0.25, 0.3) is 11.8 Å². The molecule has 118 valence electrons. The molecule has 8 heteroatoms. The molecule has 0 radical (unpaired) electrons. The van der Waals surface area contributed by atoms with Crippen LogP contribution in [0.25, 0.3) is 6.08 Å². The number of anilines is 1. The number of alkyl halides is 3. The van der Waals surface area contributed by atoms with Crippen molar-refractivity contribution in [2.75, 3.05) is 5.01 Å². The van der Waals surface area contributed by atoms with E-state index < -0.39 is 23.6 Å². The average Bonchev–Trinajstić information content (AvgIpc) is 3.10. The second-order valence-electron chi connectivity index (χ2n) is 4.70. The monoisotopic (exact) mass is 338 g/mol. The van der Waals surface area contributed by atoms with Crippen molar-refractivity contribution < 1.29 is 22.8 Å². The molecule has 1 saturated heterocycles. The van der Waals surface area contributed by atoms with Crippen LogP contribution in [-0.2, 0) is 15.8 Å². The molecule has 1 aromatic heterocycles. The third-order valence-corrected chi connectivity index (χ3v) is 3.97. The molecule has 0 bridgehead atoms. The van der Waals surface area contributed by atoms with E-state index >= 15 is 0 Å². The summed E-state index contributed by atoms with van der Waals surface area (Å²) in [7, 11) is 0. The molecule has 2 aromatic rings. The van der Waals surface area contributed by atoms with Gasteiger partial charge in [-0.15, -0.1) is 11.3 Å². The number of hydrogen-bond donors (Lipinski definition) is 1. The number of halogens is 3. The summed E-state index contributed by atoms with van der Waals surface area (Å²) in [5.74, 6) is -1.34. The molecular formula is C15H9F3N2O2S. The SMILES string of the molecule is O=C1NN(c2cccc(C(F)(F)F)c2)C(=O)/C1=C/c1cccs1. The molecular weight excluding hydrogens is 329 g/mol. The fourth-order valence-corrected chi connectivity index (χ4v) is 2.73. The van der Waals surface area contributed by atoms with Gasteiger partial charge in [-0.3, -0.25) is 15.0 Å². The molecule has 4 nitrogen and oxygen atoms in total. The maximum atomic E-state index is 12.8. The Balaban J connectivity index is 1.94. The standard InChI is InChI=1S/C15H9F3N2O2S/c16-15(17,18)9-3-1-4-10(7-9)20-14(22)12(13(21)19-20)8-11-5-2-6-23-11/h1-8H,(H,19,21)/b12-8+. The number of thiophene rings is 1. The summed E-state index contributed by atoms with van der Waals surface area (Å²) in [6.07, 6.45) is -3.12. The molecule has 0 atom stereocenters. The zero-order valence-corrected chi connectivity index (χ0v) is 12.2. The average molecular weight is 338 g/mol. The molecule has 1 fully saturated rings. The van der Waals surface area contributed by atoms with Gasteiger partial charge >= 0.3 is 6.18 Å². The lowest BCUT2D eigenvalue weighted by atomic mass is 10.1. The van der Waals surface area contributed by atoms with E-state index in [1.165, 1.54) is 29.5 Å². The van der Waals surface area contributed by atoms with Crippen LogP contribution in [0.4, 0.5) is 18.9 Å². The third-order valence-electron chi connectivity index (χ3n) is 3.15. The van der Waals surface area contributed by atoms with Crippen molar-refractivity contribution in [1.82, 2.24) is 5.43 Å². The minimum absolute atomic E-state index is 0.0484. The highest BCUT2D eigenvalue weighted by Gasteiger charge is 2.36. The second kappa shape index (κ2) is 5.54. The Hall–Kier alpha value is -2.61. The van der Waals surface area contributed by atoms with E-state index in [2.05, 4.69) is 5.43 Å². The van der Waals surface area contributed by atoms with Gasteiger partial charge in [-0.25, -0.2) is 5.01 Å². The molecule has 1 aliphatic rings. The Morgan fingerprint density at radius 1 is 1.13 bits per heavy atom. The van der Waals surface area contributed by atoms with Gasteiger partial charge in [-0.05, 0) is 35.7 Å². The minimum Gasteiger partial charge on any atom is -0.267 e. The van der Waals surface area contributed by atoms with Gasteiger partial charge < -0.3 is 0 Å². The van der Waals surface area contributed by atoms with Crippen molar-refractivity contribution in [2.24, 2.45) is 0 Å². The molecule has 3 rings (SSSR count). The summed E-state index contributed by atoms with van der Waals surface area (Å²) in [6, 6.07) is 7.70. The smallest absolute Gasteiger partial charge is 0.267 e. The number of carbonyl (C=O) groups excluding carboxylic acids is 2. The van der Waals surface area contributed by atoms with Crippen molar-refractivity contribution in [3.63, 3.8) is 0 Å². The first-order valence-corrected chi connectivity index (χ1v) is 7.32. The lowest BCUT2D eigenvalue weighted by Gasteiger charge is -2.16. The number of hydrazine groups is 1. The summed E-state index contributed by atoms with van der Waals surface area (Å²) in [5, 5.41) is 2.60. The van der Waals surface area contributed by atoms with Gasteiger partial charge in [0.2, 0.25) is 0 Å². The molecule has 0 saturated carbocycles. The van der Waals surface area contributed by atoms with E-state index in [-0.39, 0.29) is 11.3 Å². The van der Waals surface area contributed by atoms with E-state index in [0.717, 1.165) is 17.1 Å². The summed E-state index contributed by atoms with van der Waals surface area (Å²) in [4.78, 5) is 24.9. The third kappa shape index (κ3) is 2.98. The highest BCUT2D eigenvalue weighted by atomic mass is 32.1. The zero-order valence-electron chi connectivity index (χ0n) is 11.4. The van der Waals surface area contributed by atoms with Crippen LogP contribution in [0.1, 0.15) is 10.4 Å². The van der Waals surface area contributed by atoms with Crippen LogP contribution in [0.15, 0.2) is 47.4 Å². The van der Waals surface area contributed by atoms with Gasteiger partial charge in [-0.1, -0.05) is 12.1 Å². The molecule has 1 aromatic carbocycles. The predicted octanol–water partition coefficient (Wildman–Crippen LogP) is 3.23. The Bertz CT molecular complexity index is 797. The zero-order chi connectivity index (χ0) is 16.6. The van der Waals surface area contributed by atoms with Crippen LogP contribution in [0, 0.1) is 0 Å². The van der Waals surface area contributed by atoms with E-state index in [1.54, 1.807) is 17.5 Å². The van der Waals surface area contributed by atoms with Gasteiger partial charge in [0.15, 0.2) is 0 Å². The van der Waals surface area contributed by atoms with E-state index in [1.807, 2.05) is 0 Å². The number of rotatable bonds is 2. The molecule has 0 spiro atoms. The lowest BCUT2D eigenvalue weighted by Crippen LogP contribution is -2.35. The molecule has 23 heavy (non-hydrogen) atoms. The van der Waals surface area contributed by atoms with Crippen LogP contribution in [0.3, 0.4) is 0 Å².